The first-order chi connectivity index (χ1) is 18.5. The van der Waals surface area contributed by atoms with E-state index in [1.165, 1.54) is 24.0 Å². The van der Waals surface area contributed by atoms with Gasteiger partial charge in [0.25, 0.3) is 0 Å². The standard InChI is InChI=1S/C33H38Cl2N2O/c1-24(36-19-16-27(17-20-36)21-25-9-4-2-5-10-25)33-29(28-14-15-30(34)31(35)23-28)13-8-18-37(33)32(38)22-26-11-6-3-7-12-26/h2-7,9-12,14-15,23-24,27,29,33H,8,13,16-22H2,1H3. The summed E-state index contributed by atoms with van der Waals surface area (Å²) in [4.78, 5) is 18.6. The molecule has 3 unspecified atom stereocenters. The molecule has 2 aliphatic rings. The molecule has 3 atom stereocenters. The second-order valence-electron chi connectivity index (χ2n) is 11.1. The molecule has 0 saturated carbocycles. The SMILES string of the molecule is CC(C1C(c2ccc(Cl)c(Cl)c2)CCCN1C(=O)Cc1ccccc1)N1CCC(Cc2ccccc2)CC1. The van der Waals surface area contributed by atoms with Crippen molar-refractivity contribution in [3.8, 4) is 0 Å². The topological polar surface area (TPSA) is 23.6 Å². The number of halogens is 2. The normalized spacial score (nSPS) is 21.8. The molecule has 200 valence electrons. The number of benzene rings is 3. The van der Waals surface area contributed by atoms with Crippen LogP contribution in [0.1, 0.15) is 55.2 Å². The minimum absolute atomic E-state index is 0.0999. The molecule has 0 aliphatic carbocycles. The summed E-state index contributed by atoms with van der Waals surface area (Å²) in [6.45, 7) is 5.29. The van der Waals surface area contributed by atoms with Gasteiger partial charge in [0, 0.05) is 18.5 Å². The smallest absolute Gasteiger partial charge is 0.227 e. The number of carbonyl (C=O) groups excluding carboxylic acids is 1. The molecule has 0 bridgehead atoms. The van der Waals surface area contributed by atoms with Crippen molar-refractivity contribution in [2.45, 2.75) is 63.5 Å². The zero-order valence-electron chi connectivity index (χ0n) is 22.2. The maximum atomic E-state index is 13.8. The molecule has 38 heavy (non-hydrogen) atoms. The molecule has 2 fully saturated rings. The van der Waals surface area contributed by atoms with Gasteiger partial charge in [0.1, 0.15) is 0 Å². The second-order valence-corrected chi connectivity index (χ2v) is 11.9. The average Bonchev–Trinajstić information content (AvgIpc) is 2.95. The highest BCUT2D eigenvalue weighted by molar-refractivity contribution is 6.42. The summed E-state index contributed by atoms with van der Waals surface area (Å²) in [7, 11) is 0. The molecular weight excluding hydrogens is 511 g/mol. The van der Waals surface area contributed by atoms with E-state index in [0.717, 1.165) is 44.5 Å². The highest BCUT2D eigenvalue weighted by atomic mass is 35.5. The Bertz CT molecular complexity index is 1190. The van der Waals surface area contributed by atoms with Crippen molar-refractivity contribution in [3.63, 3.8) is 0 Å². The first-order valence-electron chi connectivity index (χ1n) is 14.1. The van der Waals surface area contributed by atoms with Gasteiger partial charge in [0.15, 0.2) is 0 Å². The van der Waals surface area contributed by atoms with Gasteiger partial charge in [-0.25, -0.2) is 0 Å². The molecule has 5 heteroatoms. The van der Waals surface area contributed by atoms with E-state index in [1.54, 1.807) is 0 Å². The minimum atomic E-state index is 0.0999. The molecule has 0 radical (unpaired) electrons. The third-order valence-corrected chi connectivity index (χ3v) is 9.40. The van der Waals surface area contributed by atoms with Crippen molar-refractivity contribution in [1.29, 1.82) is 0 Å². The van der Waals surface area contributed by atoms with E-state index in [9.17, 15) is 4.79 Å². The largest absolute Gasteiger partial charge is 0.337 e. The third kappa shape index (κ3) is 6.45. The van der Waals surface area contributed by atoms with E-state index < -0.39 is 0 Å². The molecule has 0 spiro atoms. The van der Waals surface area contributed by atoms with Gasteiger partial charge in [-0.1, -0.05) is 89.9 Å². The van der Waals surface area contributed by atoms with Crippen LogP contribution in [0.5, 0.6) is 0 Å². The van der Waals surface area contributed by atoms with Gasteiger partial charge in [-0.3, -0.25) is 9.69 Å². The fourth-order valence-corrected chi connectivity index (χ4v) is 6.92. The number of carbonyl (C=O) groups is 1. The Balaban J connectivity index is 1.35. The number of amides is 1. The summed E-state index contributed by atoms with van der Waals surface area (Å²) >= 11 is 12.8. The molecule has 2 saturated heterocycles. The van der Waals surface area contributed by atoms with E-state index in [1.807, 2.05) is 42.5 Å². The number of hydrogen-bond donors (Lipinski definition) is 0. The van der Waals surface area contributed by atoms with Gasteiger partial charge in [-0.05, 0) is 86.9 Å². The number of nitrogens with zero attached hydrogens (tertiary/aromatic N) is 2. The second kappa shape index (κ2) is 12.7. The minimum Gasteiger partial charge on any atom is -0.337 e. The lowest BCUT2D eigenvalue weighted by atomic mass is 9.79. The Kier molecular flexibility index (Phi) is 9.09. The first kappa shape index (κ1) is 27.2. The van der Waals surface area contributed by atoms with Crippen LogP contribution in [0.3, 0.4) is 0 Å². The van der Waals surface area contributed by atoms with Crippen LogP contribution in [0, 0.1) is 5.92 Å². The zero-order chi connectivity index (χ0) is 26.5. The van der Waals surface area contributed by atoms with Crippen LogP contribution in [0.2, 0.25) is 10.0 Å². The summed E-state index contributed by atoms with van der Waals surface area (Å²) < 4.78 is 0. The Morgan fingerprint density at radius 2 is 1.50 bits per heavy atom. The summed E-state index contributed by atoms with van der Waals surface area (Å²) in [6, 6.07) is 27.4. The van der Waals surface area contributed by atoms with Gasteiger partial charge in [0.05, 0.1) is 22.5 Å². The summed E-state index contributed by atoms with van der Waals surface area (Å²) in [5, 5.41) is 1.17. The fourth-order valence-electron chi connectivity index (χ4n) is 6.61. The van der Waals surface area contributed by atoms with Crippen molar-refractivity contribution in [2.75, 3.05) is 19.6 Å². The zero-order valence-corrected chi connectivity index (χ0v) is 23.7. The van der Waals surface area contributed by atoms with E-state index in [0.29, 0.717) is 22.4 Å². The van der Waals surface area contributed by atoms with Crippen molar-refractivity contribution in [2.24, 2.45) is 5.92 Å². The predicted molar refractivity (Wildman–Crippen MR) is 158 cm³/mol. The highest BCUT2D eigenvalue weighted by Gasteiger charge is 2.41. The maximum Gasteiger partial charge on any atom is 0.227 e. The summed E-state index contributed by atoms with van der Waals surface area (Å²) in [5.74, 6) is 1.17. The third-order valence-electron chi connectivity index (χ3n) is 8.66. The molecular formula is C33H38Cl2N2O. The molecule has 0 aromatic heterocycles. The first-order valence-corrected chi connectivity index (χ1v) is 14.8. The van der Waals surface area contributed by atoms with Gasteiger partial charge >= 0.3 is 0 Å². The summed E-state index contributed by atoms with van der Waals surface area (Å²) in [6.07, 6.45) is 6.03. The molecule has 3 nitrogen and oxygen atoms in total. The highest BCUT2D eigenvalue weighted by Crippen LogP contribution is 2.39. The van der Waals surface area contributed by atoms with Crippen LogP contribution < -0.4 is 0 Å². The van der Waals surface area contributed by atoms with E-state index in [4.69, 9.17) is 23.2 Å². The molecule has 5 rings (SSSR count). The van der Waals surface area contributed by atoms with E-state index in [2.05, 4.69) is 53.1 Å². The molecule has 2 heterocycles. The maximum absolute atomic E-state index is 13.8. The lowest BCUT2D eigenvalue weighted by Crippen LogP contribution is -2.58. The van der Waals surface area contributed by atoms with Crippen LogP contribution in [-0.4, -0.2) is 47.4 Å². The van der Waals surface area contributed by atoms with E-state index in [-0.39, 0.29) is 23.9 Å². The van der Waals surface area contributed by atoms with Crippen LogP contribution in [0.4, 0.5) is 0 Å². The quantitative estimate of drug-likeness (QED) is 0.302. The average molecular weight is 550 g/mol. The fraction of sp³-hybridized carbons (Fsp3) is 0.424. The van der Waals surface area contributed by atoms with Gasteiger partial charge in [0.2, 0.25) is 5.91 Å². The van der Waals surface area contributed by atoms with Crippen LogP contribution in [0.25, 0.3) is 0 Å². The number of piperidine rings is 2. The number of hydrogen-bond acceptors (Lipinski definition) is 2. The molecule has 2 aliphatic heterocycles. The molecule has 3 aromatic carbocycles. The van der Waals surface area contributed by atoms with Gasteiger partial charge in [-0.15, -0.1) is 0 Å². The van der Waals surface area contributed by atoms with Crippen molar-refractivity contribution in [3.05, 3.63) is 106 Å². The Hall–Kier alpha value is -2.33. The Morgan fingerprint density at radius 1 is 0.842 bits per heavy atom. The van der Waals surface area contributed by atoms with Crippen molar-refractivity contribution in [1.82, 2.24) is 9.80 Å². The lowest BCUT2D eigenvalue weighted by Gasteiger charge is -2.49. The molecule has 0 N–H and O–H groups in total. The number of likely N-dealkylation sites (tertiary alicyclic amines) is 2. The van der Waals surface area contributed by atoms with Crippen molar-refractivity contribution < 1.29 is 4.79 Å². The van der Waals surface area contributed by atoms with Gasteiger partial charge in [-0.2, -0.15) is 0 Å². The summed E-state index contributed by atoms with van der Waals surface area (Å²) in [5.41, 5.74) is 3.69. The van der Waals surface area contributed by atoms with Gasteiger partial charge < -0.3 is 4.90 Å². The monoisotopic (exact) mass is 548 g/mol. The van der Waals surface area contributed by atoms with E-state index >= 15 is 0 Å². The van der Waals surface area contributed by atoms with Crippen LogP contribution >= 0.6 is 23.2 Å². The van der Waals surface area contributed by atoms with Crippen LogP contribution in [0.15, 0.2) is 78.9 Å². The Labute approximate surface area is 237 Å². The Morgan fingerprint density at radius 3 is 2.16 bits per heavy atom. The van der Waals surface area contributed by atoms with Crippen LogP contribution in [-0.2, 0) is 17.6 Å². The number of rotatable bonds is 7. The predicted octanol–water partition coefficient (Wildman–Crippen LogP) is 7.65. The van der Waals surface area contributed by atoms with Crippen molar-refractivity contribution >= 4 is 29.1 Å². The molecule has 1 amide bonds. The molecule has 3 aromatic rings. The lowest BCUT2D eigenvalue weighted by molar-refractivity contribution is -0.136.